The maximum Gasteiger partial charge on any atom is 0.326 e. The van der Waals surface area contributed by atoms with Gasteiger partial charge in [0.05, 0.1) is 5.69 Å². The molecule has 0 fully saturated rings. The molecule has 11 nitrogen and oxygen atoms in total. The number of H-pyrrole nitrogens is 1. The summed E-state index contributed by atoms with van der Waals surface area (Å²) in [5.41, 5.74) is 4.66. The van der Waals surface area contributed by atoms with Crippen LogP contribution in [0.5, 0.6) is 0 Å². The maximum absolute atomic E-state index is 12.4. The summed E-state index contributed by atoms with van der Waals surface area (Å²) < 4.78 is 6.98. The second kappa shape index (κ2) is 10.0. The molecule has 0 saturated carbocycles. The summed E-state index contributed by atoms with van der Waals surface area (Å²) in [6.45, 7) is 1.89. The molecule has 0 saturated heterocycles. The molecule has 11 heteroatoms. The largest absolute Gasteiger partial charge is 0.338 e. The Morgan fingerprint density at radius 2 is 1.92 bits per heavy atom. The molecule has 0 bridgehead atoms. The summed E-state index contributed by atoms with van der Waals surface area (Å²) in [6.07, 6.45) is 12.5. The Kier molecular flexibility index (Phi) is 6.29. The molecule has 4 heterocycles. The second-order valence-corrected chi connectivity index (χ2v) is 7.89. The molecule has 5 aromatic rings. The standard InChI is InChI=1S/C26H21N9O2/c1-4-20-23(25(27-3)35-14-16(2)29-15-35)33-24(31-20)18-5-7-19(8-6-18)30-26(36)32-22-13-21(34-37-22)17-9-11-28-12-10-17/h1,5-15H,2-3H3,(H,31,33)(H2,30,32,36)/b27-25+. The van der Waals surface area contributed by atoms with Crippen molar-refractivity contribution in [2.45, 2.75) is 6.92 Å². The lowest BCUT2D eigenvalue weighted by atomic mass is 10.2. The number of hydrogen-bond acceptors (Lipinski definition) is 7. The van der Waals surface area contributed by atoms with Crippen molar-refractivity contribution < 1.29 is 9.32 Å². The van der Waals surface area contributed by atoms with Gasteiger partial charge in [0.1, 0.15) is 29.2 Å². The zero-order chi connectivity index (χ0) is 25.8. The number of benzene rings is 1. The van der Waals surface area contributed by atoms with Crippen LogP contribution in [0.4, 0.5) is 16.4 Å². The average molecular weight is 492 g/mol. The van der Waals surface area contributed by atoms with Crippen molar-refractivity contribution in [1.82, 2.24) is 29.7 Å². The van der Waals surface area contributed by atoms with Gasteiger partial charge in [0, 0.05) is 48.5 Å². The quantitative estimate of drug-likeness (QED) is 0.191. The van der Waals surface area contributed by atoms with Crippen LogP contribution in [0.1, 0.15) is 17.1 Å². The van der Waals surface area contributed by atoms with Gasteiger partial charge in [-0.3, -0.25) is 19.9 Å². The molecular weight excluding hydrogens is 470 g/mol. The number of aryl methyl sites for hydroxylation is 1. The molecule has 182 valence electrons. The van der Waals surface area contributed by atoms with Crippen LogP contribution in [0.2, 0.25) is 0 Å². The number of pyridine rings is 1. The van der Waals surface area contributed by atoms with E-state index in [4.69, 9.17) is 10.9 Å². The Labute approximate surface area is 211 Å². The number of aromatic amines is 1. The number of hydrogen-bond donors (Lipinski definition) is 3. The van der Waals surface area contributed by atoms with Crippen molar-refractivity contribution in [3.63, 3.8) is 0 Å². The lowest BCUT2D eigenvalue weighted by Crippen LogP contribution is -2.18. The van der Waals surface area contributed by atoms with Gasteiger partial charge in [-0.05, 0) is 49.2 Å². The highest BCUT2D eigenvalue weighted by atomic mass is 16.5. The van der Waals surface area contributed by atoms with Crippen LogP contribution >= 0.6 is 0 Å². The van der Waals surface area contributed by atoms with Crippen molar-refractivity contribution in [2.75, 3.05) is 17.7 Å². The third-order valence-electron chi connectivity index (χ3n) is 5.37. The molecule has 0 aliphatic rings. The molecule has 5 rings (SSSR count). The number of amides is 2. The Morgan fingerprint density at radius 3 is 2.59 bits per heavy atom. The molecule has 3 N–H and O–H groups in total. The number of nitrogens with one attached hydrogen (secondary N) is 3. The lowest BCUT2D eigenvalue weighted by Gasteiger charge is -2.06. The van der Waals surface area contributed by atoms with E-state index in [1.807, 2.05) is 25.3 Å². The number of aliphatic imine (C=N–C) groups is 1. The van der Waals surface area contributed by atoms with Gasteiger partial charge in [-0.1, -0.05) is 5.16 Å². The first-order valence-electron chi connectivity index (χ1n) is 11.1. The molecule has 0 atom stereocenters. The topological polar surface area (TPSA) is 139 Å². The van der Waals surface area contributed by atoms with Crippen molar-refractivity contribution in [1.29, 1.82) is 0 Å². The van der Waals surface area contributed by atoms with Gasteiger partial charge in [-0.15, -0.1) is 6.42 Å². The highest BCUT2D eigenvalue weighted by Gasteiger charge is 2.17. The van der Waals surface area contributed by atoms with Crippen LogP contribution in [0.3, 0.4) is 0 Å². The highest BCUT2D eigenvalue weighted by Crippen LogP contribution is 2.23. The Hall–Kier alpha value is -5.50. The molecule has 1 aromatic carbocycles. The number of carbonyl (C=O) groups is 1. The van der Waals surface area contributed by atoms with Gasteiger partial charge < -0.3 is 14.8 Å². The minimum Gasteiger partial charge on any atom is -0.338 e. The van der Waals surface area contributed by atoms with Gasteiger partial charge in [0.15, 0.2) is 5.84 Å². The fourth-order valence-corrected chi connectivity index (χ4v) is 3.64. The van der Waals surface area contributed by atoms with Gasteiger partial charge in [0.2, 0.25) is 5.88 Å². The average Bonchev–Trinajstić information content (AvgIpc) is 3.66. The van der Waals surface area contributed by atoms with E-state index >= 15 is 0 Å². The van der Waals surface area contributed by atoms with Crippen LogP contribution in [-0.2, 0) is 0 Å². The number of aromatic nitrogens is 6. The van der Waals surface area contributed by atoms with E-state index in [1.165, 1.54) is 0 Å². The van der Waals surface area contributed by atoms with Crippen molar-refractivity contribution >= 4 is 23.4 Å². The lowest BCUT2D eigenvalue weighted by molar-refractivity contribution is 0.261. The number of nitrogens with zero attached hydrogens (tertiary/aromatic N) is 6. The zero-order valence-electron chi connectivity index (χ0n) is 19.9. The normalized spacial score (nSPS) is 11.2. The SMILES string of the molecule is C#Cc1[nH]c(-c2ccc(NC(=O)Nc3cc(-c4ccncc4)no3)cc2)nc1/C(=N\C)n1cnc(C)c1. The summed E-state index contributed by atoms with van der Waals surface area (Å²) in [6, 6.07) is 11.9. The van der Waals surface area contributed by atoms with E-state index in [2.05, 4.69) is 46.6 Å². The Bertz CT molecular complexity index is 1620. The summed E-state index contributed by atoms with van der Waals surface area (Å²) >= 11 is 0. The van der Waals surface area contributed by atoms with Crippen LogP contribution in [0.25, 0.3) is 22.6 Å². The molecule has 0 aliphatic carbocycles. The van der Waals surface area contributed by atoms with Crippen LogP contribution in [-0.4, -0.2) is 48.6 Å². The van der Waals surface area contributed by atoms with Gasteiger partial charge in [-0.2, -0.15) is 0 Å². The van der Waals surface area contributed by atoms with E-state index in [0.29, 0.717) is 34.4 Å². The smallest absolute Gasteiger partial charge is 0.326 e. The van der Waals surface area contributed by atoms with Gasteiger partial charge >= 0.3 is 6.03 Å². The number of rotatable bonds is 5. The molecule has 2 amide bonds. The summed E-state index contributed by atoms with van der Waals surface area (Å²) in [5, 5.41) is 9.35. The Morgan fingerprint density at radius 1 is 1.14 bits per heavy atom. The monoisotopic (exact) mass is 491 g/mol. The first-order chi connectivity index (χ1) is 18.0. The fourth-order valence-electron chi connectivity index (χ4n) is 3.64. The van der Waals surface area contributed by atoms with Crippen LogP contribution in [0.15, 0.2) is 76.9 Å². The Balaban J connectivity index is 1.28. The number of imidazole rings is 2. The predicted octanol–water partition coefficient (Wildman–Crippen LogP) is 4.18. The molecule has 4 aromatic heterocycles. The van der Waals surface area contributed by atoms with E-state index < -0.39 is 6.03 Å². The minimum absolute atomic E-state index is 0.215. The first kappa shape index (κ1) is 23.3. The first-order valence-corrected chi connectivity index (χ1v) is 11.1. The molecule has 0 unspecified atom stereocenters. The second-order valence-electron chi connectivity index (χ2n) is 7.89. The molecule has 0 radical (unpaired) electrons. The zero-order valence-corrected chi connectivity index (χ0v) is 19.9. The third kappa shape index (κ3) is 4.98. The number of urea groups is 1. The van der Waals surface area contributed by atoms with Crippen molar-refractivity contribution in [3.05, 3.63) is 84.5 Å². The molecule has 0 aliphatic heterocycles. The number of carbonyl (C=O) groups excluding carboxylic acids is 1. The summed E-state index contributed by atoms with van der Waals surface area (Å²) in [4.78, 5) is 32.8. The van der Waals surface area contributed by atoms with Gasteiger partial charge in [0.25, 0.3) is 0 Å². The highest BCUT2D eigenvalue weighted by molar-refractivity contribution is 6.01. The van der Waals surface area contributed by atoms with Crippen LogP contribution in [0, 0.1) is 19.3 Å². The summed E-state index contributed by atoms with van der Waals surface area (Å²) in [7, 11) is 1.67. The van der Waals surface area contributed by atoms with Gasteiger partial charge in [-0.25, -0.2) is 14.8 Å². The number of anilines is 2. The van der Waals surface area contributed by atoms with Crippen molar-refractivity contribution in [3.8, 4) is 35.0 Å². The maximum atomic E-state index is 12.4. The molecule has 37 heavy (non-hydrogen) atoms. The molecular formula is C26H21N9O2. The van der Waals surface area contributed by atoms with E-state index in [-0.39, 0.29) is 5.88 Å². The van der Waals surface area contributed by atoms with E-state index in [1.54, 1.807) is 60.7 Å². The summed E-state index contributed by atoms with van der Waals surface area (Å²) in [5.74, 6) is 4.00. The predicted molar refractivity (Wildman–Crippen MR) is 139 cm³/mol. The third-order valence-corrected chi connectivity index (χ3v) is 5.37. The molecule has 0 spiro atoms. The number of terminal acetylenes is 1. The van der Waals surface area contributed by atoms with Crippen molar-refractivity contribution in [2.24, 2.45) is 4.99 Å². The van der Waals surface area contributed by atoms with E-state index in [0.717, 1.165) is 16.8 Å². The van der Waals surface area contributed by atoms with E-state index in [9.17, 15) is 4.79 Å². The fraction of sp³-hybridized carbons (Fsp3) is 0.0769. The van der Waals surface area contributed by atoms with Crippen LogP contribution < -0.4 is 10.6 Å². The minimum atomic E-state index is -0.473.